The van der Waals surface area contributed by atoms with Gasteiger partial charge in [0.2, 0.25) is 0 Å². The minimum absolute atomic E-state index is 0.0352. The number of allylic oxidation sites excluding steroid dienone is 3. The number of phenols is 1. The number of benzene rings is 1. The number of fused-ring (bicyclic) bond motifs is 3. The molecule has 0 fully saturated rings. The van der Waals surface area contributed by atoms with Crippen molar-refractivity contribution in [2.45, 2.75) is 123 Å². The van der Waals surface area contributed by atoms with E-state index < -0.39 is 5.60 Å². The standard InChI is InChI=1S/C32H46O4/c1-8-9-10-11-23-19-26-28(24-18-22(5)12-13-25(24)31(6,7)35-26)29(33)27(23)30(34)36-32(20(2)3)16-14-21(4)15-17-32/h14,18-20,24-25,33H,8-13,15-17H2,1-7H3. The molecule has 0 amide bonds. The van der Waals surface area contributed by atoms with Crippen molar-refractivity contribution in [2.75, 3.05) is 0 Å². The van der Waals surface area contributed by atoms with Gasteiger partial charge in [-0.15, -0.1) is 0 Å². The Balaban J connectivity index is 1.81. The van der Waals surface area contributed by atoms with Crippen molar-refractivity contribution in [3.63, 3.8) is 0 Å². The van der Waals surface area contributed by atoms with Crippen LogP contribution in [0.1, 0.15) is 127 Å². The number of aryl methyl sites for hydroxylation is 1. The van der Waals surface area contributed by atoms with E-state index in [1.807, 2.05) is 6.07 Å². The van der Waals surface area contributed by atoms with Crippen molar-refractivity contribution in [1.29, 1.82) is 0 Å². The molecule has 198 valence electrons. The van der Waals surface area contributed by atoms with Gasteiger partial charge < -0.3 is 14.6 Å². The van der Waals surface area contributed by atoms with Crippen molar-refractivity contribution < 1.29 is 19.4 Å². The molecule has 1 aromatic carbocycles. The number of ether oxygens (including phenoxy) is 2. The molecule has 3 unspecified atom stereocenters. The van der Waals surface area contributed by atoms with Gasteiger partial charge in [-0.1, -0.05) is 56.9 Å². The summed E-state index contributed by atoms with van der Waals surface area (Å²) < 4.78 is 12.9. The minimum atomic E-state index is -0.540. The van der Waals surface area contributed by atoms with Crippen LogP contribution in [0, 0.1) is 11.8 Å². The van der Waals surface area contributed by atoms with Crippen molar-refractivity contribution >= 4 is 5.97 Å². The van der Waals surface area contributed by atoms with E-state index in [4.69, 9.17) is 9.47 Å². The Bertz CT molecular complexity index is 1060. The Morgan fingerprint density at radius 3 is 2.58 bits per heavy atom. The molecule has 36 heavy (non-hydrogen) atoms. The Morgan fingerprint density at radius 2 is 1.94 bits per heavy atom. The van der Waals surface area contributed by atoms with Gasteiger partial charge in [0.05, 0.1) is 0 Å². The zero-order valence-corrected chi connectivity index (χ0v) is 23.5. The van der Waals surface area contributed by atoms with Crippen LogP contribution in [0.5, 0.6) is 11.5 Å². The van der Waals surface area contributed by atoms with E-state index in [9.17, 15) is 9.90 Å². The fourth-order valence-electron chi connectivity index (χ4n) is 6.53. The van der Waals surface area contributed by atoms with E-state index in [0.29, 0.717) is 5.56 Å². The van der Waals surface area contributed by atoms with Crippen molar-refractivity contribution in [3.05, 3.63) is 46.1 Å². The SMILES string of the molecule is CCCCCc1cc2c(c(O)c1C(=O)OC1(C(C)C)CC=C(C)CC1)C1C=C(C)CCC1C(C)(C)O2. The van der Waals surface area contributed by atoms with Crippen LogP contribution in [0.15, 0.2) is 29.4 Å². The van der Waals surface area contributed by atoms with Crippen molar-refractivity contribution in [1.82, 2.24) is 0 Å². The average Bonchev–Trinajstić information content (AvgIpc) is 2.80. The van der Waals surface area contributed by atoms with Crippen LogP contribution >= 0.6 is 0 Å². The number of aromatic hydroxyl groups is 1. The molecular formula is C32H46O4. The summed E-state index contributed by atoms with van der Waals surface area (Å²) >= 11 is 0. The molecule has 4 rings (SSSR count). The van der Waals surface area contributed by atoms with Gasteiger partial charge in [-0.3, -0.25) is 0 Å². The quantitative estimate of drug-likeness (QED) is 0.235. The number of carbonyl (C=O) groups is 1. The number of rotatable bonds is 7. The fourth-order valence-corrected chi connectivity index (χ4v) is 6.53. The number of phenolic OH excluding ortho intramolecular Hbond substituents is 1. The molecule has 1 N–H and O–H groups in total. The van der Waals surface area contributed by atoms with E-state index >= 15 is 0 Å². The Hall–Kier alpha value is -2.23. The highest BCUT2D eigenvalue weighted by Gasteiger charge is 2.47. The molecule has 1 aromatic rings. The topological polar surface area (TPSA) is 55.8 Å². The maximum Gasteiger partial charge on any atom is 0.342 e. The lowest BCUT2D eigenvalue weighted by molar-refractivity contribution is -0.0499. The molecule has 3 aliphatic rings. The number of unbranched alkanes of at least 4 members (excludes halogenated alkanes) is 2. The zero-order chi connectivity index (χ0) is 26.3. The van der Waals surface area contributed by atoms with E-state index in [1.54, 1.807) is 0 Å². The lowest BCUT2D eigenvalue weighted by atomic mass is 9.67. The van der Waals surface area contributed by atoms with Crippen LogP contribution in [0.25, 0.3) is 0 Å². The molecule has 0 aromatic heterocycles. The van der Waals surface area contributed by atoms with Gasteiger partial charge in [-0.2, -0.15) is 0 Å². The predicted molar refractivity (Wildman–Crippen MR) is 146 cm³/mol. The highest BCUT2D eigenvalue weighted by atomic mass is 16.6. The molecule has 2 aliphatic carbocycles. The highest BCUT2D eigenvalue weighted by molar-refractivity contribution is 5.96. The second kappa shape index (κ2) is 10.3. The summed E-state index contributed by atoms with van der Waals surface area (Å²) in [6.45, 7) is 15.1. The first-order chi connectivity index (χ1) is 17.0. The summed E-state index contributed by atoms with van der Waals surface area (Å²) in [7, 11) is 0. The van der Waals surface area contributed by atoms with Gasteiger partial charge >= 0.3 is 5.97 Å². The van der Waals surface area contributed by atoms with Crippen LogP contribution in [0.2, 0.25) is 0 Å². The zero-order valence-electron chi connectivity index (χ0n) is 23.5. The van der Waals surface area contributed by atoms with E-state index in [1.165, 1.54) is 11.1 Å². The molecule has 0 saturated carbocycles. The first kappa shape index (κ1) is 26.8. The van der Waals surface area contributed by atoms with E-state index in [-0.39, 0.29) is 35.1 Å². The summed E-state index contributed by atoms with van der Waals surface area (Å²) in [5.74, 6) is 0.883. The van der Waals surface area contributed by atoms with Crippen LogP contribution in [0.3, 0.4) is 0 Å². The van der Waals surface area contributed by atoms with E-state index in [0.717, 1.165) is 74.7 Å². The van der Waals surface area contributed by atoms with Gasteiger partial charge in [0, 0.05) is 23.8 Å². The molecule has 4 nitrogen and oxygen atoms in total. The normalized spacial score (nSPS) is 26.9. The summed E-state index contributed by atoms with van der Waals surface area (Å²) in [6, 6.07) is 2.03. The average molecular weight is 495 g/mol. The molecular weight excluding hydrogens is 448 g/mol. The second-order valence-corrected chi connectivity index (χ2v) is 12.4. The van der Waals surface area contributed by atoms with Gasteiger partial charge in [0.15, 0.2) is 0 Å². The number of esters is 1. The van der Waals surface area contributed by atoms with Crippen LogP contribution in [0.4, 0.5) is 0 Å². The van der Waals surface area contributed by atoms with E-state index in [2.05, 4.69) is 60.6 Å². The summed E-state index contributed by atoms with van der Waals surface area (Å²) in [4.78, 5) is 14.0. The van der Waals surface area contributed by atoms with Crippen molar-refractivity contribution in [3.8, 4) is 11.5 Å². The number of carbonyl (C=O) groups excluding carboxylic acids is 1. The Morgan fingerprint density at radius 1 is 1.19 bits per heavy atom. The monoisotopic (exact) mass is 494 g/mol. The first-order valence-corrected chi connectivity index (χ1v) is 14.1. The fraction of sp³-hybridized carbons (Fsp3) is 0.656. The Labute approximate surface area is 218 Å². The molecule has 0 bridgehead atoms. The molecule has 1 heterocycles. The molecule has 4 heteroatoms. The lowest BCUT2D eigenvalue weighted by Gasteiger charge is -2.46. The maximum atomic E-state index is 14.0. The number of hydrogen-bond donors (Lipinski definition) is 1. The van der Waals surface area contributed by atoms with Gasteiger partial charge in [0.25, 0.3) is 0 Å². The summed E-state index contributed by atoms with van der Waals surface area (Å²) in [5.41, 5.74) is 3.78. The molecule has 0 radical (unpaired) electrons. The summed E-state index contributed by atoms with van der Waals surface area (Å²) in [6.07, 6.45) is 12.9. The Kier molecular flexibility index (Phi) is 7.65. The predicted octanol–water partition coefficient (Wildman–Crippen LogP) is 8.42. The van der Waals surface area contributed by atoms with Crippen LogP contribution in [-0.2, 0) is 11.2 Å². The minimum Gasteiger partial charge on any atom is -0.507 e. The number of hydrogen-bond acceptors (Lipinski definition) is 4. The molecule has 3 atom stereocenters. The van der Waals surface area contributed by atoms with Gasteiger partial charge in [-0.25, -0.2) is 4.79 Å². The third-order valence-corrected chi connectivity index (χ3v) is 9.07. The third kappa shape index (κ3) is 4.97. The third-order valence-electron chi connectivity index (χ3n) is 9.07. The largest absolute Gasteiger partial charge is 0.507 e. The van der Waals surface area contributed by atoms with Gasteiger partial charge in [-0.05, 0) is 83.8 Å². The lowest BCUT2D eigenvalue weighted by Crippen LogP contribution is -2.45. The smallest absolute Gasteiger partial charge is 0.342 e. The highest BCUT2D eigenvalue weighted by Crippen LogP contribution is 2.55. The van der Waals surface area contributed by atoms with Crippen molar-refractivity contribution in [2.24, 2.45) is 11.8 Å². The maximum absolute atomic E-state index is 14.0. The van der Waals surface area contributed by atoms with Crippen LogP contribution < -0.4 is 4.74 Å². The van der Waals surface area contributed by atoms with Crippen LogP contribution in [-0.4, -0.2) is 22.3 Å². The molecule has 1 aliphatic heterocycles. The molecule has 0 saturated heterocycles. The second-order valence-electron chi connectivity index (χ2n) is 12.4. The van der Waals surface area contributed by atoms with Gasteiger partial charge in [0.1, 0.15) is 28.3 Å². The first-order valence-electron chi connectivity index (χ1n) is 14.1. The summed E-state index contributed by atoms with van der Waals surface area (Å²) in [5, 5.41) is 11.8. The molecule has 0 spiro atoms.